The lowest BCUT2D eigenvalue weighted by Crippen LogP contribution is -2.29. The second-order valence-corrected chi connectivity index (χ2v) is 12.6. The number of thioether (sulfide) groups is 1. The fourth-order valence-electron chi connectivity index (χ4n) is 4.83. The second kappa shape index (κ2) is 11.2. The van der Waals surface area contributed by atoms with Crippen molar-refractivity contribution in [1.82, 2.24) is 10.2 Å². The Morgan fingerprint density at radius 3 is 2.61 bits per heavy atom. The third-order valence-corrected chi connectivity index (χ3v) is 9.49. The van der Waals surface area contributed by atoms with E-state index in [2.05, 4.69) is 50.4 Å². The summed E-state index contributed by atoms with van der Waals surface area (Å²) in [6.45, 7) is 1.60. The molecule has 1 N–H and O–H groups in total. The molecular formula is C31H21BrFN3O3S2. The highest BCUT2D eigenvalue weighted by Gasteiger charge is 2.48. The summed E-state index contributed by atoms with van der Waals surface area (Å²) in [6, 6.07) is 24.6. The standard InChI is InChI=1S/C31H21BrFN3O3S2/c1-17-12-13-20(15-24(17)33)27(37)25-26(19-8-5-10-22(32)14-19)36(29(39)28(25)38)30-34-35-31(41-30)40-16-21-9-4-7-18-6-2-3-11-23(18)21/h2-15,26,37H,16H2,1H3. The van der Waals surface area contributed by atoms with Gasteiger partial charge in [-0.05, 0) is 52.6 Å². The Hall–Kier alpha value is -3.86. The average molecular weight is 647 g/mol. The van der Waals surface area contributed by atoms with Crippen LogP contribution in [0, 0.1) is 12.7 Å². The Labute approximate surface area is 251 Å². The highest BCUT2D eigenvalue weighted by molar-refractivity contribution is 9.10. The minimum Gasteiger partial charge on any atom is -0.507 e. The SMILES string of the molecule is Cc1ccc(C(O)=C2C(=O)C(=O)N(c3nnc(SCc4cccc5ccccc45)s3)C2c2cccc(Br)c2)cc1F. The molecule has 4 aromatic carbocycles. The van der Waals surface area contributed by atoms with Crippen LogP contribution in [0.25, 0.3) is 16.5 Å². The fraction of sp³-hybridized carbons (Fsp3) is 0.0968. The maximum atomic E-state index is 14.4. The topological polar surface area (TPSA) is 83.4 Å². The van der Waals surface area contributed by atoms with Crippen LogP contribution in [-0.4, -0.2) is 27.0 Å². The van der Waals surface area contributed by atoms with E-state index in [1.54, 1.807) is 25.1 Å². The van der Waals surface area contributed by atoms with E-state index in [4.69, 9.17) is 0 Å². The van der Waals surface area contributed by atoms with E-state index in [9.17, 15) is 19.1 Å². The maximum Gasteiger partial charge on any atom is 0.301 e. The Morgan fingerprint density at radius 1 is 1.02 bits per heavy atom. The first-order valence-corrected chi connectivity index (χ1v) is 15.2. The third kappa shape index (κ3) is 5.18. The Balaban J connectivity index is 1.38. The minimum atomic E-state index is -0.985. The van der Waals surface area contributed by atoms with Crippen molar-refractivity contribution >= 4 is 72.4 Å². The van der Waals surface area contributed by atoms with E-state index in [0.717, 1.165) is 26.9 Å². The number of carbonyl (C=O) groups is 2. The molecule has 1 unspecified atom stereocenters. The van der Waals surface area contributed by atoms with E-state index in [1.165, 1.54) is 40.1 Å². The number of aliphatic hydroxyl groups is 1. The maximum absolute atomic E-state index is 14.4. The molecule has 1 saturated heterocycles. The van der Waals surface area contributed by atoms with Gasteiger partial charge >= 0.3 is 5.91 Å². The average Bonchev–Trinajstić information content (AvgIpc) is 3.54. The molecule has 1 fully saturated rings. The number of fused-ring (bicyclic) bond motifs is 1. The number of rotatable bonds is 6. The first-order chi connectivity index (χ1) is 19.8. The van der Waals surface area contributed by atoms with Gasteiger partial charge in [0.1, 0.15) is 11.6 Å². The molecule has 0 aliphatic carbocycles. The number of anilines is 1. The zero-order valence-electron chi connectivity index (χ0n) is 21.5. The first kappa shape index (κ1) is 27.3. The molecule has 204 valence electrons. The lowest BCUT2D eigenvalue weighted by Gasteiger charge is -2.22. The quantitative estimate of drug-likeness (QED) is 0.0666. The number of Topliss-reactive ketones (excluding diaryl/α,β-unsaturated/α-hetero) is 1. The van der Waals surface area contributed by atoms with Gasteiger partial charge in [-0.25, -0.2) is 4.39 Å². The predicted molar refractivity (Wildman–Crippen MR) is 163 cm³/mol. The van der Waals surface area contributed by atoms with Crippen molar-refractivity contribution in [3.63, 3.8) is 0 Å². The normalized spacial score (nSPS) is 16.6. The molecule has 10 heteroatoms. The van der Waals surface area contributed by atoms with Crippen molar-refractivity contribution < 1.29 is 19.1 Å². The highest BCUT2D eigenvalue weighted by atomic mass is 79.9. The van der Waals surface area contributed by atoms with Gasteiger partial charge in [0.15, 0.2) is 4.34 Å². The van der Waals surface area contributed by atoms with Crippen molar-refractivity contribution in [1.29, 1.82) is 0 Å². The fourth-order valence-corrected chi connectivity index (χ4v) is 7.12. The second-order valence-electron chi connectivity index (χ2n) is 9.47. The summed E-state index contributed by atoms with van der Waals surface area (Å²) >= 11 is 6.14. The molecule has 6 rings (SSSR count). The monoisotopic (exact) mass is 645 g/mol. The number of hydrogen-bond donors (Lipinski definition) is 1. The molecule has 41 heavy (non-hydrogen) atoms. The number of hydrogen-bond acceptors (Lipinski definition) is 7. The number of benzene rings is 4. The lowest BCUT2D eigenvalue weighted by atomic mass is 9.95. The third-order valence-electron chi connectivity index (χ3n) is 6.89. The van der Waals surface area contributed by atoms with Crippen LogP contribution in [0.2, 0.25) is 0 Å². The molecule has 1 atom stereocenters. The van der Waals surface area contributed by atoms with Crippen molar-refractivity contribution in [2.75, 3.05) is 4.90 Å². The number of aromatic nitrogens is 2. The van der Waals surface area contributed by atoms with Gasteiger partial charge in [-0.1, -0.05) is 106 Å². The lowest BCUT2D eigenvalue weighted by molar-refractivity contribution is -0.132. The van der Waals surface area contributed by atoms with Crippen LogP contribution >= 0.6 is 39.0 Å². The zero-order chi connectivity index (χ0) is 28.7. The van der Waals surface area contributed by atoms with Gasteiger partial charge < -0.3 is 5.11 Å². The van der Waals surface area contributed by atoms with Gasteiger partial charge in [-0.2, -0.15) is 0 Å². The Morgan fingerprint density at radius 2 is 1.80 bits per heavy atom. The summed E-state index contributed by atoms with van der Waals surface area (Å²) in [7, 11) is 0. The van der Waals surface area contributed by atoms with E-state index >= 15 is 0 Å². The first-order valence-electron chi connectivity index (χ1n) is 12.6. The van der Waals surface area contributed by atoms with Crippen LogP contribution in [-0.2, 0) is 15.3 Å². The smallest absolute Gasteiger partial charge is 0.301 e. The van der Waals surface area contributed by atoms with E-state index < -0.39 is 29.3 Å². The van der Waals surface area contributed by atoms with Crippen molar-refractivity contribution in [2.45, 2.75) is 23.1 Å². The van der Waals surface area contributed by atoms with Gasteiger partial charge in [0.25, 0.3) is 5.78 Å². The van der Waals surface area contributed by atoms with Gasteiger partial charge in [-0.15, -0.1) is 10.2 Å². The molecule has 5 aromatic rings. The number of halogens is 2. The van der Waals surface area contributed by atoms with Gasteiger partial charge in [0.05, 0.1) is 11.6 Å². The number of nitrogens with zero attached hydrogens (tertiary/aromatic N) is 3. The van der Waals surface area contributed by atoms with Crippen molar-refractivity contribution in [2.24, 2.45) is 0 Å². The summed E-state index contributed by atoms with van der Waals surface area (Å²) < 4.78 is 15.7. The summed E-state index contributed by atoms with van der Waals surface area (Å²) in [6.07, 6.45) is 0. The zero-order valence-corrected chi connectivity index (χ0v) is 24.8. The molecule has 1 aliphatic rings. The summed E-state index contributed by atoms with van der Waals surface area (Å²) in [5, 5.41) is 22.4. The largest absolute Gasteiger partial charge is 0.507 e. The Kier molecular flexibility index (Phi) is 7.46. The Bertz CT molecular complexity index is 1870. The molecule has 0 spiro atoms. The van der Waals surface area contributed by atoms with E-state index in [1.807, 2.05) is 24.3 Å². The number of amides is 1. The molecule has 2 heterocycles. The van der Waals surface area contributed by atoms with Crippen LogP contribution < -0.4 is 4.90 Å². The van der Waals surface area contributed by atoms with E-state index in [0.29, 0.717) is 21.2 Å². The molecular weight excluding hydrogens is 625 g/mol. The number of carbonyl (C=O) groups excluding carboxylic acids is 2. The number of aryl methyl sites for hydroxylation is 1. The molecule has 0 radical (unpaired) electrons. The molecule has 0 saturated carbocycles. The molecule has 6 nitrogen and oxygen atoms in total. The summed E-state index contributed by atoms with van der Waals surface area (Å²) in [4.78, 5) is 28.1. The van der Waals surface area contributed by atoms with Crippen molar-refractivity contribution in [3.05, 3.63) is 123 Å². The van der Waals surface area contributed by atoms with Crippen LogP contribution in [0.4, 0.5) is 9.52 Å². The van der Waals surface area contributed by atoms with Gasteiger partial charge in [-0.3, -0.25) is 14.5 Å². The number of ketones is 1. The van der Waals surface area contributed by atoms with Crippen LogP contribution in [0.15, 0.2) is 99.3 Å². The molecule has 1 aliphatic heterocycles. The van der Waals surface area contributed by atoms with Gasteiger partial charge in [0.2, 0.25) is 5.13 Å². The van der Waals surface area contributed by atoms with Crippen LogP contribution in [0.1, 0.15) is 28.3 Å². The van der Waals surface area contributed by atoms with Gasteiger partial charge in [0, 0.05) is 15.8 Å². The predicted octanol–water partition coefficient (Wildman–Crippen LogP) is 7.82. The number of aliphatic hydroxyl groups excluding tert-OH is 1. The minimum absolute atomic E-state index is 0.106. The van der Waals surface area contributed by atoms with Crippen LogP contribution in [0.3, 0.4) is 0 Å². The van der Waals surface area contributed by atoms with Crippen LogP contribution in [0.5, 0.6) is 0 Å². The molecule has 1 aromatic heterocycles. The van der Waals surface area contributed by atoms with Crippen molar-refractivity contribution in [3.8, 4) is 0 Å². The molecule has 1 amide bonds. The highest BCUT2D eigenvalue weighted by Crippen LogP contribution is 2.44. The summed E-state index contributed by atoms with van der Waals surface area (Å²) in [5.74, 6) is -2.06. The van der Waals surface area contributed by atoms with E-state index in [-0.39, 0.29) is 16.3 Å². The molecule has 0 bridgehead atoms. The summed E-state index contributed by atoms with van der Waals surface area (Å²) in [5.41, 5.74) is 2.08.